The zero-order valence-corrected chi connectivity index (χ0v) is 14.7. The molecule has 0 bridgehead atoms. The van der Waals surface area contributed by atoms with Crippen molar-refractivity contribution in [2.45, 2.75) is 34.1 Å². The monoisotopic (exact) mass is 324 g/mol. The fourth-order valence-electron chi connectivity index (χ4n) is 2.44. The summed E-state index contributed by atoms with van der Waals surface area (Å²) in [5.41, 5.74) is 2.47. The summed E-state index contributed by atoms with van der Waals surface area (Å²) in [7, 11) is 0. The molecule has 1 amide bonds. The molecule has 5 heteroatoms. The predicted octanol–water partition coefficient (Wildman–Crippen LogP) is 3.38. The van der Waals surface area contributed by atoms with E-state index in [2.05, 4.69) is 21.7 Å². The molecule has 0 radical (unpaired) electrons. The zero-order chi connectivity index (χ0) is 17.7. The minimum Gasteiger partial charge on any atom is -0.367 e. The third-order valence-corrected chi connectivity index (χ3v) is 3.52. The normalized spacial score (nSPS) is 11.1. The maximum absolute atomic E-state index is 11.8. The number of hydrogen-bond donors (Lipinski definition) is 2. The van der Waals surface area contributed by atoms with E-state index >= 15 is 0 Å². The summed E-state index contributed by atoms with van der Waals surface area (Å²) < 4.78 is 0. The van der Waals surface area contributed by atoms with Crippen LogP contribution in [-0.2, 0) is 4.79 Å². The molecule has 1 aromatic heterocycles. The Bertz CT molecular complexity index is 784. The van der Waals surface area contributed by atoms with Crippen LogP contribution >= 0.6 is 0 Å². The number of fused-ring (bicyclic) bond motifs is 1. The van der Waals surface area contributed by atoms with Crippen LogP contribution in [0.15, 0.2) is 24.3 Å². The molecule has 2 aromatic rings. The highest BCUT2D eigenvalue weighted by molar-refractivity contribution is 5.83. The largest absolute Gasteiger partial charge is 0.367 e. The molecule has 126 valence electrons. The summed E-state index contributed by atoms with van der Waals surface area (Å²) in [6.45, 7) is 9.13. The van der Waals surface area contributed by atoms with Crippen molar-refractivity contribution in [2.24, 2.45) is 5.41 Å². The van der Waals surface area contributed by atoms with Crippen molar-refractivity contribution < 1.29 is 4.79 Å². The van der Waals surface area contributed by atoms with Crippen molar-refractivity contribution in [3.05, 3.63) is 35.4 Å². The molecule has 0 aliphatic carbocycles. The molecule has 0 saturated heterocycles. The van der Waals surface area contributed by atoms with Crippen LogP contribution in [0.3, 0.4) is 0 Å². The lowest BCUT2D eigenvalue weighted by Crippen LogP contribution is -2.31. The second-order valence-corrected chi connectivity index (χ2v) is 7.21. The number of aryl methyl sites for hydroxylation is 1. The fraction of sp³-hybridized carbons (Fsp3) is 0.421. The molecule has 0 spiro atoms. The number of nitrogens with one attached hydrogen (secondary N) is 2. The van der Waals surface area contributed by atoms with Gasteiger partial charge in [-0.2, -0.15) is 5.26 Å². The van der Waals surface area contributed by atoms with Crippen molar-refractivity contribution in [2.75, 3.05) is 18.4 Å². The number of amides is 1. The summed E-state index contributed by atoms with van der Waals surface area (Å²) >= 11 is 0. The molecule has 0 fully saturated rings. The predicted molar refractivity (Wildman–Crippen MR) is 96.8 cm³/mol. The first-order valence-electron chi connectivity index (χ1n) is 8.10. The van der Waals surface area contributed by atoms with Crippen LogP contribution in [0, 0.1) is 23.7 Å². The molecule has 1 heterocycles. The first kappa shape index (κ1) is 17.7. The van der Waals surface area contributed by atoms with Crippen LogP contribution in [0.1, 0.15) is 38.3 Å². The number of nitriles is 1. The van der Waals surface area contributed by atoms with Crippen molar-refractivity contribution in [1.29, 1.82) is 5.26 Å². The maximum atomic E-state index is 11.8. The average Bonchev–Trinajstić information content (AvgIpc) is 2.49. The van der Waals surface area contributed by atoms with Gasteiger partial charge in [-0.25, -0.2) is 4.98 Å². The highest BCUT2D eigenvalue weighted by atomic mass is 16.1. The van der Waals surface area contributed by atoms with Crippen LogP contribution in [-0.4, -0.2) is 24.0 Å². The Morgan fingerprint density at radius 1 is 1.25 bits per heavy atom. The molecule has 0 aliphatic heterocycles. The third kappa shape index (κ3) is 4.95. The summed E-state index contributed by atoms with van der Waals surface area (Å²) in [4.78, 5) is 16.3. The van der Waals surface area contributed by atoms with Crippen LogP contribution in [0.5, 0.6) is 0 Å². The summed E-state index contributed by atoms with van der Waals surface area (Å²) in [6, 6.07) is 9.98. The Labute approximate surface area is 143 Å². The lowest BCUT2D eigenvalue weighted by atomic mass is 9.92. The lowest BCUT2D eigenvalue weighted by molar-refractivity contribution is -0.122. The maximum Gasteiger partial charge on any atom is 0.220 e. The summed E-state index contributed by atoms with van der Waals surface area (Å²) in [5.74, 6) is 0.589. The molecular weight excluding hydrogens is 300 g/mol. The topological polar surface area (TPSA) is 77.8 Å². The van der Waals surface area contributed by atoms with E-state index in [1.54, 1.807) is 0 Å². The molecule has 2 rings (SSSR count). The Morgan fingerprint density at radius 2 is 2.00 bits per heavy atom. The molecule has 5 nitrogen and oxygen atoms in total. The molecule has 0 unspecified atom stereocenters. The Hall–Kier alpha value is -2.61. The van der Waals surface area contributed by atoms with Crippen molar-refractivity contribution in [1.82, 2.24) is 10.3 Å². The highest BCUT2D eigenvalue weighted by Gasteiger charge is 2.15. The summed E-state index contributed by atoms with van der Waals surface area (Å²) in [6.07, 6.45) is 0.490. The van der Waals surface area contributed by atoms with Gasteiger partial charge in [0, 0.05) is 24.9 Å². The van der Waals surface area contributed by atoms with Crippen molar-refractivity contribution in [3.63, 3.8) is 0 Å². The van der Waals surface area contributed by atoms with Gasteiger partial charge in [0.1, 0.15) is 11.9 Å². The fourth-order valence-corrected chi connectivity index (χ4v) is 2.44. The van der Waals surface area contributed by atoms with Gasteiger partial charge >= 0.3 is 0 Å². The number of pyridine rings is 1. The standard InChI is InChI=1S/C19H24N4O/c1-13-5-6-16-14(9-13)10-15(12-20)18(23-16)22-8-7-21-17(24)11-19(2,3)4/h5-6,9-10H,7-8,11H2,1-4H3,(H,21,24)(H,22,23). The lowest BCUT2D eigenvalue weighted by Gasteiger charge is -2.17. The molecule has 2 N–H and O–H groups in total. The Morgan fingerprint density at radius 3 is 2.67 bits per heavy atom. The van der Waals surface area contributed by atoms with Gasteiger partial charge in [-0.15, -0.1) is 0 Å². The van der Waals surface area contributed by atoms with E-state index in [9.17, 15) is 10.1 Å². The minimum atomic E-state index is -0.0243. The van der Waals surface area contributed by atoms with Gasteiger partial charge in [0.15, 0.2) is 0 Å². The number of carbonyl (C=O) groups is 1. The van der Waals surface area contributed by atoms with E-state index in [4.69, 9.17) is 0 Å². The van der Waals surface area contributed by atoms with E-state index in [0.29, 0.717) is 30.9 Å². The van der Waals surface area contributed by atoms with E-state index < -0.39 is 0 Å². The second kappa shape index (κ2) is 7.31. The van der Waals surface area contributed by atoms with E-state index in [1.165, 1.54) is 0 Å². The quantitative estimate of drug-likeness (QED) is 0.827. The highest BCUT2D eigenvalue weighted by Crippen LogP contribution is 2.21. The van der Waals surface area contributed by atoms with E-state index in [-0.39, 0.29) is 11.3 Å². The molecular formula is C19H24N4O. The Kier molecular flexibility index (Phi) is 5.40. The van der Waals surface area contributed by atoms with Gasteiger partial charge in [-0.05, 0) is 30.5 Å². The minimum absolute atomic E-state index is 0.0243. The zero-order valence-electron chi connectivity index (χ0n) is 14.7. The SMILES string of the molecule is Cc1ccc2nc(NCCNC(=O)CC(C)(C)C)c(C#N)cc2c1. The van der Waals surface area contributed by atoms with Gasteiger partial charge in [-0.1, -0.05) is 32.4 Å². The number of hydrogen-bond acceptors (Lipinski definition) is 4. The average molecular weight is 324 g/mol. The number of aromatic nitrogens is 1. The molecule has 0 atom stereocenters. The molecule has 0 aliphatic rings. The summed E-state index contributed by atoms with van der Waals surface area (Å²) in [5, 5.41) is 16.3. The molecule has 24 heavy (non-hydrogen) atoms. The van der Waals surface area contributed by atoms with Gasteiger partial charge < -0.3 is 10.6 Å². The van der Waals surface area contributed by atoms with Gasteiger partial charge in [0.05, 0.1) is 11.1 Å². The van der Waals surface area contributed by atoms with Crippen LogP contribution < -0.4 is 10.6 Å². The second-order valence-electron chi connectivity index (χ2n) is 7.21. The van der Waals surface area contributed by atoms with E-state index in [0.717, 1.165) is 16.5 Å². The van der Waals surface area contributed by atoms with Crippen LogP contribution in [0.2, 0.25) is 0 Å². The van der Waals surface area contributed by atoms with Gasteiger partial charge in [-0.3, -0.25) is 4.79 Å². The van der Waals surface area contributed by atoms with Gasteiger partial charge in [0.2, 0.25) is 5.91 Å². The molecule has 1 aromatic carbocycles. The van der Waals surface area contributed by atoms with Crippen LogP contribution in [0.25, 0.3) is 10.9 Å². The van der Waals surface area contributed by atoms with Crippen molar-refractivity contribution >= 4 is 22.6 Å². The molecule has 0 saturated carbocycles. The number of rotatable bonds is 5. The number of carbonyl (C=O) groups excluding carboxylic acids is 1. The number of anilines is 1. The van der Waals surface area contributed by atoms with Gasteiger partial charge in [0.25, 0.3) is 0 Å². The number of nitrogens with zero attached hydrogens (tertiary/aromatic N) is 2. The van der Waals surface area contributed by atoms with Crippen molar-refractivity contribution in [3.8, 4) is 6.07 Å². The first-order chi connectivity index (χ1) is 11.3. The first-order valence-corrected chi connectivity index (χ1v) is 8.10. The van der Waals surface area contributed by atoms with E-state index in [1.807, 2.05) is 52.0 Å². The van der Waals surface area contributed by atoms with Crippen LogP contribution in [0.4, 0.5) is 5.82 Å². The smallest absolute Gasteiger partial charge is 0.220 e. The number of benzene rings is 1. The Balaban J connectivity index is 1.99. The third-order valence-electron chi connectivity index (χ3n) is 3.52.